The average molecular weight is 227 g/mol. The molecule has 0 radical (unpaired) electrons. The van der Waals surface area contributed by atoms with Crippen LogP contribution in [0.15, 0.2) is 0 Å². The van der Waals surface area contributed by atoms with Crippen LogP contribution in [-0.2, 0) is 4.79 Å². The topological polar surface area (TPSA) is 58.4 Å². The summed E-state index contributed by atoms with van der Waals surface area (Å²) in [4.78, 5) is 13.4. The number of hydrogen-bond acceptors (Lipinski definition) is 3. The van der Waals surface area contributed by atoms with Crippen molar-refractivity contribution >= 4 is 5.91 Å². The van der Waals surface area contributed by atoms with Gasteiger partial charge >= 0.3 is 0 Å². The van der Waals surface area contributed by atoms with Gasteiger partial charge in [0.2, 0.25) is 5.91 Å². The van der Waals surface area contributed by atoms with E-state index in [1.54, 1.807) is 0 Å². The summed E-state index contributed by atoms with van der Waals surface area (Å²) in [5.41, 5.74) is 2.16. The van der Waals surface area contributed by atoms with Crippen molar-refractivity contribution in [1.82, 2.24) is 10.3 Å². The minimum atomic E-state index is -0.0526. The minimum absolute atomic E-state index is 0.0526. The van der Waals surface area contributed by atoms with E-state index in [0.717, 1.165) is 24.8 Å². The molecule has 0 saturated carbocycles. The zero-order valence-electron chi connectivity index (χ0n) is 10.5. The van der Waals surface area contributed by atoms with Gasteiger partial charge in [0.1, 0.15) is 0 Å². The first-order valence-electron chi connectivity index (χ1n) is 6.37. The van der Waals surface area contributed by atoms with E-state index in [0.29, 0.717) is 6.42 Å². The van der Waals surface area contributed by atoms with Crippen molar-refractivity contribution in [2.75, 3.05) is 13.1 Å². The monoisotopic (exact) mass is 227 g/mol. The van der Waals surface area contributed by atoms with Crippen LogP contribution in [0.1, 0.15) is 46.0 Å². The van der Waals surface area contributed by atoms with Crippen molar-refractivity contribution in [2.24, 2.45) is 11.8 Å². The normalized spacial score (nSPS) is 25.9. The molecular formula is C12H25N3O. The van der Waals surface area contributed by atoms with Gasteiger partial charge < -0.3 is 4.90 Å². The molecule has 4 nitrogen and oxygen atoms in total. The van der Waals surface area contributed by atoms with Gasteiger partial charge in [-0.3, -0.25) is 10.2 Å². The van der Waals surface area contributed by atoms with Gasteiger partial charge in [0.15, 0.2) is 0 Å². The van der Waals surface area contributed by atoms with Gasteiger partial charge in [-0.2, -0.15) is 0 Å². The maximum absolute atomic E-state index is 10.9. The highest BCUT2D eigenvalue weighted by Gasteiger charge is 2.24. The highest BCUT2D eigenvalue weighted by atomic mass is 16.2. The van der Waals surface area contributed by atoms with Crippen molar-refractivity contribution in [3.63, 3.8) is 0 Å². The zero-order chi connectivity index (χ0) is 12.0. The summed E-state index contributed by atoms with van der Waals surface area (Å²) >= 11 is 0. The van der Waals surface area contributed by atoms with Crippen LogP contribution in [-0.4, -0.2) is 29.9 Å². The first kappa shape index (κ1) is 13.5. The van der Waals surface area contributed by atoms with Gasteiger partial charge in [-0.05, 0) is 38.6 Å². The molecule has 2 atom stereocenters. The smallest absolute Gasteiger partial charge is 0.233 e. The molecule has 1 heterocycles. The van der Waals surface area contributed by atoms with E-state index in [-0.39, 0.29) is 5.91 Å². The number of likely N-dealkylation sites (tertiary alicyclic amines) is 1. The lowest BCUT2D eigenvalue weighted by Gasteiger charge is -2.20. The first-order valence-corrected chi connectivity index (χ1v) is 6.37. The van der Waals surface area contributed by atoms with Crippen LogP contribution < -0.4 is 11.3 Å². The highest BCUT2D eigenvalue weighted by molar-refractivity contribution is 5.74. The number of unbranched alkanes of at least 4 members (excludes halogenated alkanes) is 2. The molecule has 1 amide bonds. The lowest BCUT2D eigenvalue weighted by molar-refractivity contribution is -0.121. The lowest BCUT2D eigenvalue weighted by atomic mass is 10.1. The van der Waals surface area contributed by atoms with Crippen LogP contribution >= 0.6 is 0 Å². The van der Waals surface area contributed by atoms with Gasteiger partial charge in [0.05, 0.1) is 0 Å². The van der Waals surface area contributed by atoms with Crippen LogP contribution in [0.25, 0.3) is 0 Å². The number of hydrazine groups is 1. The molecule has 0 aromatic rings. The lowest BCUT2D eigenvalue weighted by Crippen LogP contribution is -2.30. The SMILES string of the molecule is CC1CC(C)N(CCCCCC(=O)NN)C1. The Hall–Kier alpha value is -0.610. The van der Waals surface area contributed by atoms with E-state index in [1.807, 2.05) is 0 Å². The number of rotatable bonds is 6. The number of carbonyl (C=O) groups excluding carboxylic acids is 1. The van der Waals surface area contributed by atoms with Crippen LogP contribution in [0, 0.1) is 5.92 Å². The molecule has 1 saturated heterocycles. The summed E-state index contributed by atoms with van der Waals surface area (Å²) in [5, 5.41) is 0. The second-order valence-corrected chi connectivity index (χ2v) is 5.06. The second-order valence-electron chi connectivity index (χ2n) is 5.06. The molecule has 1 fully saturated rings. The summed E-state index contributed by atoms with van der Waals surface area (Å²) in [6.07, 6.45) is 5.14. The predicted octanol–water partition coefficient (Wildman–Crippen LogP) is 1.27. The van der Waals surface area contributed by atoms with Gasteiger partial charge in [0.25, 0.3) is 0 Å². The molecule has 94 valence electrons. The third-order valence-corrected chi connectivity index (χ3v) is 3.42. The maximum atomic E-state index is 10.9. The summed E-state index contributed by atoms with van der Waals surface area (Å²) in [6, 6.07) is 0.738. The fourth-order valence-corrected chi connectivity index (χ4v) is 2.55. The van der Waals surface area contributed by atoms with E-state index >= 15 is 0 Å². The molecule has 3 N–H and O–H groups in total. The summed E-state index contributed by atoms with van der Waals surface area (Å²) in [5.74, 6) is 5.80. The number of nitrogens with zero attached hydrogens (tertiary/aromatic N) is 1. The van der Waals surface area contributed by atoms with Gasteiger partial charge in [0, 0.05) is 19.0 Å². The molecule has 1 rings (SSSR count). The standard InChI is InChI=1S/C12H25N3O/c1-10-8-11(2)15(9-10)7-5-3-4-6-12(16)14-13/h10-11H,3-9,13H2,1-2H3,(H,14,16). The molecule has 0 aromatic carbocycles. The fraction of sp³-hybridized carbons (Fsp3) is 0.917. The largest absolute Gasteiger partial charge is 0.300 e. The zero-order valence-corrected chi connectivity index (χ0v) is 10.5. The quantitative estimate of drug-likeness (QED) is 0.311. The molecular weight excluding hydrogens is 202 g/mol. The van der Waals surface area contributed by atoms with Crippen molar-refractivity contribution in [1.29, 1.82) is 0 Å². The molecule has 2 unspecified atom stereocenters. The Balaban J connectivity index is 2.01. The Morgan fingerprint density at radius 3 is 2.69 bits per heavy atom. The molecule has 0 spiro atoms. The number of carbonyl (C=O) groups is 1. The summed E-state index contributed by atoms with van der Waals surface area (Å²) in [7, 11) is 0. The molecule has 16 heavy (non-hydrogen) atoms. The third kappa shape index (κ3) is 4.49. The molecule has 0 bridgehead atoms. The maximum Gasteiger partial charge on any atom is 0.233 e. The van der Waals surface area contributed by atoms with Crippen LogP contribution in [0.2, 0.25) is 0 Å². The molecule has 1 aliphatic rings. The van der Waals surface area contributed by atoms with Crippen molar-refractivity contribution in [3.8, 4) is 0 Å². The van der Waals surface area contributed by atoms with E-state index in [4.69, 9.17) is 5.84 Å². The Morgan fingerprint density at radius 1 is 1.38 bits per heavy atom. The molecule has 0 aliphatic carbocycles. The van der Waals surface area contributed by atoms with E-state index in [1.165, 1.54) is 25.9 Å². The Labute approximate surface area is 98.5 Å². The third-order valence-electron chi connectivity index (χ3n) is 3.42. The van der Waals surface area contributed by atoms with Gasteiger partial charge in [-0.15, -0.1) is 0 Å². The number of nitrogens with two attached hydrogens (primary N) is 1. The highest BCUT2D eigenvalue weighted by Crippen LogP contribution is 2.22. The van der Waals surface area contributed by atoms with E-state index in [2.05, 4.69) is 24.2 Å². The predicted molar refractivity (Wildman–Crippen MR) is 65.6 cm³/mol. The molecule has 1 aliphatic heterocycles. The van der Waals surface area contributed by atoms with Crippen LogP contribution in [0.3, 0.4) is 0 Å². The fourth-order valence-electron chi connectivity index (χ4n) is 2.55. The number of nitrogens with one attached hydrogen (secondary N) is 1. The average Bonchev–Trinajstić information content (AvgIpc) is 2.56. The Morgan fingerprint density at radius 2 is 2.12 bits per heavy atom. The van der Waals surface area contributed by atoms with Crippen molar-refractivity contribution < 1.29 is 4.79 Å². The second kappa shape index (κ2) is 6.86. The Bertz CT molecular complexity index is 220. The summed E-state index contributed by atoms with van der Waals surface area (Å²) < 4.78 is 0. The van der Waals surface area contributed by atoms with Crippen molar-refractivity contribution in [3.05, 3.63) is 0 Å². The van der Waals surface area contributed by atoms with Crippen LogP contribution in [0.4, 0.5) is 0 Å². The van der Waals surface area contributed by atoms with E-state index < -0.39 is 0 Å². The molecule has 4 heteroatoms. The first-order chi connectivity index (χ1) is 7.63. The Kier molecular flexibility index (Phi) is 5.77. The number of hydrogen-bond donors (Lipinski definition) is 2. The van der Waals surface area contributed by atoms with Gasteiger partial charge in [-0.1, -0.05) is 13.3 Å². The van der Waals surface area contributed by atoms with Gasteiger partial charge in [-0.25, -0.2) is 5.84 Å². The van der Waals surface area contributed by atoms with Crippen LogP contribution in [0.5, 0.6) is 0 Å². The summed E-state index contributed by atoms with van der Waals surface area (Å²) in [6.45, 7) is 7.05. The van der Waals surface area contributed by atoms with Crippen molar-refractivity contribution in [2.45, 2.75) is 52.0 Å². The number of amides is 1. The molecule has 0 aromatic heterocycles. The minimum Gasteiger partial charge on any atom is -0.300 e. The van der Waals surface area contributed by atoms with E-state index in [9.17, 15) is 4.79 Å².